The first-order valence-electron chi connectivity index (χ1n) is 38.3. The van der Waals surface area contributed by atoms with E-state index in [-0.39, 0.29) is 19.3 Å². The van der Waals surface area contributed by atoms with E-state index >= 15 is 0 Å². The van der Waals surface area contributed by atoms with Gasteiger partial charge in [-0.2, -0.15) is 0 Å². The molecule has 3 fully saturated rings. The molecule has 18 atom stereocenters. The highest BCUT2D eigenvalue weighted by atomic mass is 31.2. The van der Waals surface area contributed by atoms with Crippen molar-refractivity contribution in [1.29, 1.82) is 0 Å². The van der Waals surface area contributed by atoms with Crippen molar-refractivity contribution in [3.8, 4) is 0 Å². The molecule has 0 aromatic rings. The van der Waals surface area contributed by atoms with Gasteiger partial charge in [-0.3, -0.25) is 23.4 Å². The fourth-order valence-electron chi connectivity index (χ4n) is 12.9. The number of aliphatic hydroxyl groups is 10. The molecule has 0 spiro atoms. The predicted molar refractivity (Wildman–Crippen MR) is 365 cm³/mol. The lowest BCUT2D eigenvalue weighted by molar-refractivity contribution is -0.360. The van der Waals surface area contributed by atoms with E-state index in [4.69, 9.17) is 42.2 Å². The maximum absolute atomic E-state index is 14.3. The van der Waals surface area contributed by atoms with Crippen LogP contribution in [0.3, 0.4) is 0 Å². The summed E-state index contributed by atoms with van der Waals surface area (Å²) in [6.07, 6.45) is 11.7. The third-order valence-electron chi connectivity index (χ3n) is 19.1. The lowest BCUT2D eigenvalue weighted by Crippen LogP contribution is -2.69. The van der Waals surface area contributed by atoms with Crippen molar-refractivity contribution < 1.29 is 117 Å². The van der Waals surface area contributed by atoms with Gasteiger partial charge in [-0.15, -0.1) is 0 Å². The minimum absolute atomic E-state index is 0.0337. The van der Waals surface area contributed by atoms with Crippen LogP contribution in [-0.4, -0.2) is 204 Å². The Balaban J connectivity index is 1.71. The van der Waals surface area contributed by atoms with Crippen LogP contribution < -0.4 is 0 Å². The highest BCUT2D eigenvalue weighted by molar-refractivity contribution is 7.47. The molecule has 2 saturated heterocycles. The van der Waals surface area contributed by atoms with E-state index in [1.54, 1.807) is 0 Å². The van der Waals surface area contributed by atoms with Crippen LogP contribution in [0.1, 0.15) is 310 Å². The number of hydrogen-bond acceptors (Lipinski definition) is 23. The van der Waals surface area contributed by atoms with E-state index in [9.17, 15) is 74.9 Å². The Morgan fingerprint density at radius 1 is 0.361 bits per heavy atom. The van der Waals surface area contributed by atoms with Crippen molar-refractivity contribution in [1.82, 2.24) is 0 Å². The molecule has 0 radical (unpaired) electrons. The number of unbranched alkanes of at least 4 members (excludes halogenated alkanes) is 39. The third-order valence-corrected chi connectivity index (χ3v) is 20.1. The Bertz CT molecular complexity index is 2010. The predicted octanol–water partition coefficient (Wildman–Crippen LogP) is 10.6. The monoisotopic (exact) mass is 1410 g/mol. The first-order chi connectivity index (χ1) is 46.8. The van der Waals surface area contributed by atoms with Crippen molar-refractivity contribution in [2.75, 3.05) is 26.4 Å². The summed E-state index contributed by atoms with van der Waals surface area (Å²) in [6, 6.07) is 0. The topological polar surface area (TPSA) is 374 Å². The lowest BCUT2D eigenvalue weighted by Gasteiger charge is -2.49. The zero-order chi connectivity index (χ0) is 71.1. The average molecular weight is 1420 g/mol. The molecule has 97 heavy (non-hydrogen) atoms. The number of aliphatic hydroxyl groups excluding tert-OH is 10. The minimum atomic E-state index is -5.69. The third kappa shape index (κ3) is 37.8. The second kappa shape index (κ2) is 54.6. The van der Waals surface area contributed by atoms with Gasteiger partial charge in [-0.1, -0.05) is 271 Å². The fourth-order valence-corrected chi connectivity index (χ4v) is 13.8. The summed E-state index contributed by atoms with van der Waals surface area (Å²) in [5.74, 6) is -1.97. The average Bonchev–Trinajstić information content (AvgIpc) is 0.778. The molecule has 0 aromatic heterocycles. The van der Waals surface area contributed by atoms with Gasteiger partial charge in [-0.25, -0.2) is 4.57 Å². The highest BCUT2D eigenvalue weighted by Gasteiger charge is 2.58. The molecule has 1 saturated carbocycles. The summed E-state index contributed by atoms with van der Waals surface area (Å²) >= 11 is 0. The first kappa shape index (κ1) is 89.2. The number of hydrogen-bond donors (Lipinski definition) is 11. The van der Waals surface area contributed by atoms with Gasteiger partial charge >= 0.3 is 25.7 Å². The van der Waals surface area contributed by atoms with Crippen molar-refractivity contribution in [2.24, 2.45) is 0 Å². The van der Waals surface area contributed by atoms with Gasteiger partial charge in [-0.05, 0) is 19.3 Å². The normalized spacial score (nSPS) is 27.7. The van der Waals surface area contributed by atoms with Crippen molar-refractivity contribution in [3.63, 3.8) is 0 Å². The fraction of sp³-hybridized carbons (Fsp3) is 0.958. The van der Waals surface area contributed by atoms with E-state index < -0.39 is 156 Å². The standard InChI is InChI=1S/C72H135O24P/c1-4-7-10-13-16-19-22-25-26-27-28-30-33-35-38-41-44-47-57(75)89-52-55-60(78)62(80)67(85)72(93-55)95-69-65(83)63(81)64(82)68(94-71-66(84)61(79)59(77)54(49-73)92-71)70(69)96-97(86,87)90-51-53(91-58(76)48-45-42-39-36-31-24-21-18-15-12-9-6-3)50-88-56(74)46-43-40-37-34-32-29-23-20-17-14-11-8-5-2/h53-55,59-73,77-85H,4-52H2,1-3H3,(H,86,87). The van der Waals surface area contributed by atoms with Crippen molar-refractivity contribution >= 4 is 25.7 Å². The summed E-state index contributed by atoms with van der Waals surface area (Å²) < 4.78 is 65.0. The Hall–Kier alpha value is -2.04. The van der Waals surface area contributed by atoms with Gasteiger partial charge in [0, 0.05) is 19.3 Å². The minimum Gasteiger partial charge on any atom is -0.463 e. The molecule has 2 aliphatic heterocycles. The molecule has 2 heterocycles. The van der Waals surface area contributed by atoms with E-state index in [2.05, 4.69) is 20.8 Å². The molecule has 0 aromatic carbocycles. The van der Waals surface area contributed by atoms with Crippen LogP contribution in [0.5, 0.6) is 0 Å². The number of phosphoric acid groups is 1. The number of phosphoric ester groups is 1. The van der Waals surface area contributed by atoms with Crippen LogP contribution in [-0.2, 0) is 61.2 Å². The van der Waals surface area contributed by atoms with Crippen LogP contribution in [0.25, 0.3) is 0 Å². The zero-order valence-electron chi connectivity index (χ0n) is 59.6. The molecule has 24 nitrogen and oxygen atoms in total. The van der Waals surface area contributed by atoms with Gasteiger partial charge in [0.2, 0.25) is 0 Å². The SMILES string of the molecule is CCCCCCCCCCCCCCCCCCCC(=O)OCC1OC(OC2C(O)C(O)C(O)C(OC3OC(CO)C(O)C(O)C3O)C2OP(=O)(O)OCC(COC(=O)CCCCCCCCCCCCCCC)OC(=O)CCCCCCCCCCCCCC)C(O)C(O)C1O. The molecule has 0 amide bonds. The second-order valence-corrected chi connectivity index (χ2v) is 29.1. The van der Waals surface area contributed by atoms with E-state index in [0.717, 1.165) is 89.9 Å². The highest BCUT2D eigenvalue weighted by Crippen LogP contribution is 2.49. The van der Waals surface area contributed by atoms with Crippen molar-refractivity contribution in [3.05, 3.63) is 0 Å². The molecule has 0 bridgehead atoms. The lowest BCUT2D eigenvalue weighted by atomic mass is 9.84. The molecular formula is C72H135O24P. The Morgan fingerprint density at radius 2 is 0.660 bits per heavy atom. The quantitative estimate of drug-likeness (QED) is 0.0117. The summed E-state index contributed by atoms with van der Waals surface area (Å²) in [4.78, 5) is 51.0. The molecule has 25 heteroatoms. The van der Waals surface area contributed by atoms with Gasteiger partial charge in [0.1, 0.15) is 98.7 Å². The van der Waals surface area contributed by atoms with Crippen molar-refractivity contribution in [2.45, 2.75) is 414 Å². The van der Waals surface area contributed by atoms with Crippen LogP contribution in [0, 0.1) is 0 Å². The Kier molecular flexibility index (Phi) is 50.2. The van der Waals surface area contributed by atoms with Gasteiger partial charge in [0.15, 0.2) is 18.7 Å². The van der Waals surface area contributed by atoms with Gasteiger partial charge in [0.05, 0.1) is 13.2 Å². The molecular weight excluding hydrogens is 1280 g/mol. The number of ether oxygens (including phenoxy) is 7. The molecule has 18 unspecified atom stereocenters. The molecule has 3 rings (SSSR count). The largest absolute Gasteiger partial charge is 0.472 e. The van der Waals surface area contributed by atoms with Crippen LogP contribution in [0.4, 0.5) is 0 Å². The van der Waals surface area contributed by atoms with E-state index in [1.165, 1.54) is 161 Å². The van der Waals surface area contributed by atoms with Crippen LogP contribution in [0.15, 0.2) is 0 Å². The second-order valence-electron chi connectivity index (χ2n) is 27.7. The van der Waals surface area contributed by atoms with Gasteiger partial charge in [0.25, 0.3) is 0 Å². The van der Waals surface area contributed by atoms with E-state index in [0.29, 0.717) is 19.3 Å². The maximum Gasteiger partial charge on any atom is 0.472 e. The Morgan fingerprint density at radius 3 is 1.01 bits per heavy atom. The summed E-state index contributed by atoms with van der Waals surface area (Å²) in [6.45, 7) is 3.47. The van der Waals surface area contributed by atoms with Gasteiger partial charge < -0.3 is 89.1 Å². The molecule has 3 aliphatic rings. The van der Waals surface area contributed by atoms with E-state index in [1.807, 2.05) is 0 Å². The van der Waals surface area contributed by atoms with Crippen LogP contribution >= 0.6 is 7.82 Å². The number of rotatable bonds is 60. The maximum atomic E-state index is 14.3. The number of esters is 3. The molecule has 572 valence electrons. The summed E-state index contributed by atoms with van der Waals surface area (Å²) in [5.41, 5.74) is 0. The first-order valence-corrected chi connectivity index (χ1v) is 39.8. The summed E-state index contributed by atoms with van der Waals surface area (Å²) in [5, 5.41) is 110. The smallest absolute Gasteiger partial charge is 0.463 e. The zero-order valence-corrected chi connectivity index (χ0v) is 60.5. The Labute approximate surface area is 580 Å². The number of carbonyl (C=O) groups excluding carboxylic acids is 3. The molecule has 11 N–H and O–H groups in total. The summed E-state index contributed by atoms with van der Waals surface area (Å²) in [7, 11) is -5.69. The number of carbonyl (C=O) groups is 3. The van der Waals surface area contributed by atoms with Crippen LogP contribution in [0.2, 0.25) is 0 Å². The molecule has 1 aliphatic carbocycles.